The largest absolute Gasteiger partial charge is 0.464 e. The minimum Gasteiger partial charge on any atom is -0.464 e. The summed E-state index contributed by atoms with van der Waals surface area (Å²) in [4.78, 5) is 41.2. The van der Waals surface area contributed by atoms with E-state index in [1.165, 1.54) is 94.1 Å². The lowest BCUT2D eigenvalue weighted by molar-refractivity contribution is -0.150. The Kier molecular flexibility index (Phi) is 30.6. The normalized spacial score (nSPS) is 11.5. The smallest absolute Gasteiger partial charge is 0.308 e. The van der Waals surface area contributed by atoms with Crippen LogP contribution in [-0.2, 0) is 23.9 Å². The molecule has 0 aliphatic rings. The van der Waals surface area contributed by atoms with Gasteiger partial charge in [0.2, 0.25) is 11.8 Å². The van der Waals surface area contributed by atoms with Crippen molar-refractivity contribution in [2.75, 3.05) is 66.7 Å². The third-order valence-electron chi connectivity index (χ3n) is 8.04. The van der Waals surface area contributed by atoms with Crippen molar-refractivity contribution in [3.63, 3.8) is 0 Å². The summed E-state index contributed by atoms with van der Waals surface area (Å²) in [6.07, 6.45) is 23.8. The Balaban J connectivity index is 4.65. The molecule has 2 amide bonds. The maximum absolute atomic E-state index is 13.1. The van der Waals surface area contributed by atoms with Crippen molar-refractivity contribution in [1.82, 2.24) is 15.1 Å². The van der Waals surface area contributed by atoms with E-state index < -0.39 is 5.91 Å². The molecule has 0 rings (SSSR count). The van der Waals surface area contributed by atoms with Crippen LogP contribution in [0.25, 0.3) is 0 Å². The van der Waals surface area contributed by atoms with Gasteiger partial charge in [-0.05, 0) is 26.9 Å². The first-order valence-electron chi connectivity index (χ1n) is 18.1. The van der Waals surface area contributed by atoms with Crippen LogP contribution in [0.3, 0.4) is 0 Å². The molecule has 0 fully saturated rings. The fourth-order valence-corrected chi connectivity index (χ4v) is 5.16. The summed E-state index contributed by atoms with van der Waals surface area (Å²) >= 11 is 0. The molecule has 0 heterocycles. The lowest BCUT2D eigenvalue weighted by atomic mass is 9.94. The standard InChI is InChI=1S/C36H69N3O6/c1-5-7-9-11-13-15-17-19-21-33(22-20-18-16-14-12-10-8-6-2)36(43)45-32-28-39(26-29-40)35(42)24-23-34(41)37-25-30-44-31-27-38(3)4/h23-24,33,40H,5-22,25-32H2,1-4H3,(H,37,41). The lowest BCUT2D eigenvalue weighted by Crippen LogP contribution is -2.36. The molecule has 0 saturated carbocycles. The molecule has 45 heavy (non-hydrogen) atoms. The van der Waals surface area contributed by atoms with E-state index in [0.717, 1.165) is 45.1 Å². The molecular formula is C36H69N3O6. The Morgan fingerprint density at radius 2 is 1.22 bits per heavy atom. The number of nitrogens with zero attached hydrogens (tertiary/aromatic N) is 2. The van der Waals surface area contributed by atoms with E-state index in [-0.39, 0.29) is 44.1 Å². The molecule has 0 aromatic carbocycles. The van der Waals surface area contributed by atoms with E-state index in [2.05, 4.69) is 19.2 Å². The Labute approximate surface area is 275 Å². The van der Waals surface area contributed by atoms with Gasteiger partial charge in [0, 0.05) is 31.8 Å². The van der Waals surface area contributed by atoms with Crippen molar-refractivity contribution in [2.45, 2.75) is 129 Å². The summed E-state index contributed by atoms with van der Waals surface area (Å²) in [5.41, 5.74) is 0. The third kappa shape index (κ3) is 28.0. The zero-order valence-electron chi connectivity index (χ0n) is 29.5. The predicted octanol–water partition coefficient (Wildman–Crippen LogP) is 6.28. The van der Waals surface area contributed by atoms with Crippen LogP contribution in [0.15, 0.2) is 12.2 Å². The lowest BCUT2D eigenvalue weighted by Gasteiger charge is -2.21. The van der Waals surface area contributed by atoms with Crippen molar-refractivity contribution >= 4 is 17.8 Å². The molecule has 0 saturated heterocycles. The fraction of sp³-hybridized carbons (Fsp3) is 0.861. The highest BCUT2D eigenvalue weighted by molar-refractivity contribution is 5.96. The number of carbonyl (C=O) groups excluding carboxylic acids is 3. The zero-order chi connectivity index (χ0) is 33.4. The second-order valence-corrected chi connectivity index (χ2v) is 12.5. The number of rotatable bonds is 32. The van der Waals surface area contributed by atoms with E-state index in [0.29, 0.717) is 19.8 Å². The molecule has 0 radical (unpaired) electrons. The van der Waals surface area contributed by atoms with Crippen molar-refractivity contribution in [2.24, 2.45) is 5.92 Å². The minimum atomic E-state index is -0.410. The second-order valence-electron chi connectivity index (χ2n) is 12.5. The van der Waals surface area contributed by atoms with Crippen molar-refractivity contribution in [3.8, 4) is 0 Å². The molecule has 0 bridgehead atoms. The molecule has 0 unspecified atom stereocenters. The number of aliphatic hydroxyl groups is 1. The average Bonchev–Trinajstić information content (AvgIpc) is 3.02. The number of hydrogen-bond acceptors (Lipinski definition) is 7. The zero-order valence-corrected chi connectivity index (χ0v) is 29.5. The summed E-state index contributed by atoms with van der Waals surface area (Å²) in [6.45, 7) is 6.71. The maximum Gasteiger partial charge on any atom is 0.308 e. The summed E-state index contributed by atoms with van der Waals surface area (Å²) < 4.78 is 11.1. The molecule has 264 valence electrons. The topological polar surface area (TPSA) is 108 Å². The quantitative estimate of drug-likeness (QED) is 0.0507. The molecule has 9 heteroatoms. The van der Waals surface area contributed by atoms with Crippen molar-refractivity contribution in [1.29, 1.82) is 0 Å². The monoisotopic (exact) mass is 640 g/mol. The number of aliphatic hydroxyl groups excluding tert-OH is 1. The van der Waals surface area contributed by atoms with Crippen LogP contribution in [0, 0.1) is 5.92 Å². The van der Waals surface area contributed by atoms with E-state index in [1.807, 2.05) is 19.0 Å². The number of amides is 2. The van der Waals surface area contributed by atoms with Gasteiger partial charge in [0.1, 0.15) is 6.61 Å². The van der Waals surface area contributed by atoms with E-state index in [4.69, 9.17) is 9.47 Å². The summed E-state index contributed by atoms with van der Waals surface area (Å²) in [6, 6.07) is 0. The van der Waals surface area contributed by atoms with Crippen LogP contribution in [0.4, 0.5) is 0 Å². The van der Waals surface area contributed by atoms with Crippen molar-refractivity contribution in [3.05, 3.63) is 12.2 Å². The van der Waals surface area contributed by atoms with E-state index in [9.17, 15) is 19.5 Å². The van der Waals surface area contributed by atoms with Gasteiger partial charge < -0.3 is 29.7 Å². The van der Waals surface area contributed by atoms with Crippen molar-refractivity contribution < 1.29 is 29.0 Å². The van der Waals surface area contributed by atoms with Crippen LogP contribution in [0.1, 0.15) is 129 Å². The highest BCUT2D eigenvalue weighted by atomic mass is 16.5. The first-order valence-corrected chi connectivity index (χ1v) is 18.1. The Morgan fingerprint density at radius 3 is 1.73 bits per heavy atom. The molecule has 9 nitrogen and oxygen atoms in total. The van der Waals surface area contributed by atoms with Gasteiger partial charge >= 0.3 is 5.97 Å². The van der Waals surface area contributed by atoms with Crippen LogP contribution in [0.2, 0.25) is 0 Å². The SMILES string of the molecule is CCCCCCCCCCC(CCCCCCCCCC)C(=O)OCCN(CCO)C(=O)C=CC(=O)NCCOCCN(C)C. The van der Waals surface area contributed by atoms with Crippen LogP contribution in [-0.4, -0.2) is 99.4 Å². The first kappa shape index (κ1) is 43.0. The first-order chi connectivity index (χ1) is 21.8. The fourth-order valence-electron chi connectivity index (χ4n) is 5.16. The number of esters is 1. The van der Waals surface area contributed by atoms with E-state index >= 15 is 0 Å². The Hall–Kier alpha value is -1.97. The highest BCUT2D eigenvalue weighted by Crippen LogP contribution is 2.21. The van der Waals surface area contributed by atoms with Gasteiger partial charge in [-0.3, -0.25) is 14.4 Å². The molecule has 0 aromatic rings. The maximum atomic E-state index is 13.1. The number of likely N-dealkylation sites (N-methyl/N-ethyl adjacent to an activating group) is 1. The predicted molar refractivity (Wildman–Crippen MR) is 184 cm³/mol. The number of hydrogen-bond donors (Lipinski definition) is 2. The third-order valence-corrected chi connectivity index (χ3v) is 8.04. The summed E-state index contributed by atoms with van der Waals surface area (Å²) in [7, 11) is 3.93. The second kappa shape index (κ2) is 32.0. The number of unbranched alkanes of at least 4 members (excludes halogenated alkanes) is 14. The molecule has 0 spiro atoms. The average molecular weight is 640 g/mol. The molecule has 0 aliphatic carbocycles. The van der Waals surface area contributed by atoms with Gasteiger partial charge in [0.15, 0.2) is 0 Å². The van der Waals surface area contributed by atoms with Crippen LogP contribution in [0.5, 0.6) is 0 Å². The van der Waals surface area contributed by atoms with Crippen LogP contribution >= 0.6 is 0 Å². The number of ether oxygens (including phenoxy) is 2. The van der Waals surface area contributed by atoms with E-state index in [1.54, 1.807) is 0 Å². The molecular weight excluding hydrogens is 570 g/mol. The summed E-state index contributed by atoms with van der Waals surface area (Å²) in [5, 5.41) is 12.1. The van der Waals surface area contributed by atoms with Gasteiger partial charge in [0.25, 0.3) is 0 Å². The van der Waals surface area contributed by atoms with Crippen LogP contribution < -0.4 is 5.32 Å². The molecule has 2 N–H and O–H groups in total. The van der Waals surface area contributed by atoms with Gasteiger partial charge in [-0.25, -0.2) is 0 Å². The summed E-state index contributed by atoms with van der Waals surface area (Å²) in [5.74, 6) is -1.09. The molecule has 0 atom stereocenters. The highest BCUT2D eigenvalue weighted by Gasteiger charge is 2.20. The van der Waals surface area contributed by atoms with Gasteiger partial charge in [-0.1, -0.05) is 117 Å². The minimum absolute atomic E-state index is 0.0697. The Morgan fingerprint density at radius 1 is 0.689 bits per heavy atom. The number of carbonyl (C=O) groups is 3. The Bertz CT molecular complexity index is 726. The van der Waals surface area contributed by atoms with Gasteiger partial charge in [-0.2, -0.15) is 0 Å². The van der Waals surface area contributed by atoms with Gasteiger partial charge in [-0.15, -0.1) is 0 Å². The molecule has 0 aromatic heterocycles. The molecule has 0 aliphatic heterocycles. The van der Waals surface area contributed by atoms with Gasteiger partial charge in [0.05, 0.1) is 32.3 Å². The number of nitrogens with one attached hydrogen (secondary N) is 1.